The highest BCUT2D eigenvalue weighted by Crippen LogP contribution is 2.49. The highest BCUT2D eigenvalue weighted by molar-refractivity contribution is 6.04. The van der Waals surface area contributed by atoms with Crippen LogP contribution in [0, 0.1) is 23.7 Å². The molecule has 2 aliphatic rings. The maximum Gasteiger partial charge on any atom is 0.166 e. The molecule has 2 atom stereocenters. The summed E-state index contributed by atoms with van der Waals surface area (Å²) in [6.07, 6.45) is 10.8. The predicted molar refractivity (Wildman–Crippen MR) is 139 cm³/mol. The van der Waals surface area contributed by atoms with E-state index in [4.69, 9.17) is 25.6 Å². The van der Waals surface area contributed by atoms with Crippen LogP contribution in [-0.2, 0) is 0 Å². The number of Topliss-reactive ketones (excluding diaryl/α,β-unsaturated/α-hetero) is 1. The van der Waals surface area contributed by atoms with E-state index in [0.717, 1.165) is 22.9 Å². The highest BCUT2D eigenvalue weighted by atomic mass is 16.5. The number of terminal acetylenes is 1. The van der Waals surface area contributed by atoms with Crippen molar-refractivity contribution in [3.63, 3.8) is 0 Å². The number of ketones is 1. The van der Waals surface area contributed by atoms with Gasteiger partial charge in [0.2, 0.25) is 0 Å². The number of carbonyl (C=O) groups is 1. The molecule has 0 N–H and O–H groups in total. The smallest absolute Gasteiger partial charge is 0.166 e. The third-order valence-corrected chi connectivity index (χ3v) is 7.04. The first-order valence-corrected chi connectivity index (χ1v) is 11.6. The first-order valence-electron chi connectivity index (χ1n) is 11.6. The van der Waals surface area contributed by atoms with E-state index in [2.05, 4.69) is 43.2 Å². The molecule has 0 saturated carbocycles. The topological polar surface area (TPSA) is 57.1 Å². The van der Waals surface area contributed by atoms with E-state index in [1.54, 1.807) is 26.4 Å². The Bertz CT molecular complexity index is 1430. The monoisotopic (exact) mass is 465 g/mol. The van der Waals surface area contributed by atoms with Crippen LogP contribution in [0.4, 0.5) is 5.69 Å². The number of ether oxygens (including phenoxy) is 3. The van der Waals surface area contributed by atoms with E-state index >= 15 is 0 Å². The van der Waals surface area contributed by atoms with Crippen LogP contribution in [0.15, 0.2) is 59.6 Å². The minimum Gasteiger partial charge on any atom is -0.497 e. The molecule has 5 rings (SSSR count). The lowest BCUT2D eigenvalue weighted by molar-refractivity contribution is 0.0932. The molecule has 0 radical (unpaired) electrons. The van der Waals surface area contributed by atoms with Crippen LogP contribution in [0.5, 0.6) is 17.2 Å². The maximum absolute atomic E-state index is 13.5. The number of rotatable bonds is 5. The average Bonchev–Trinajstić information content (AvgIpc) is 3.19. The van der Waals surface area contributed by atoms with Crippen LogP contribution in [0.1, 0.15) is 35.7 Å². The van der Waals surface area contributed by atoms with E-state index in [1.165, 1.54) is 11.1 Å². The van der Waals surface area contributed by atoms with Gasteiger partial charge in [-0.3, -0.25) is 9.79 Å². The summed E-state index contributed by atoms with van der Waals surface area (Å²) in [7, 11) is 3.23. The van der Waals surface area contributed by atoms with Gasteiger partial charge in [-0.2, -0.15) is 0 Å². The van der Waals surface area contributed by atoms with Gasteiger partial charge in [0.15, 0.2) is 17.3 Å². The van der Waals surface area contributed by atoms with Gasteiger partial charge in [-0.05, 0) is 52.6 Å². The fourth-order valence-corrected chi connectivity index (χ4v) is 5.07. The largest absolute Gasteiger partial charge is 0.497 e. The van der Waals surface area contributed by atoms with Crippen LogP contribution >= 0.6 is 0 Å². The fraction of sp³-hybridized carbons (Fsp3) is 0.267. The van der Waals surface area contributed by atoms with Gasteiger partial charge in [0.05, 0.1) is 19.9 Å². The molecule has 35 heavy (non-hydrogen) atoms. The fourth-order valence-electron chi connectivity index (χ4n) is 5.07. The molecule has 1 aliphatic carbocycles. The lowest BCUT2D eigenvalue weighted by Crippen LogP contribution is -2.27. The zero-order chi connectivity index (χ0) is 24.6. The first-order chi connectivity index (χ1) is 16.9. The molecule has 1 heterocycles. The van der Waals surface area contributed by atoms with Gasteiger partial charge in [0, 0.05) is 35.6 Å². The van der Waals surface area contributed by atoms with E-state index < -0.39 is 0 Å². The van der Waals surface area contributed by atoms with Crippen molar-refractivity contribution in [2.75, 3.05) is 20.8 Å². The summed E-state index contributed by atoms with van der Waals surface area (Å²) >= 11 is 0. The molecule has 1 aliphatic heterocycles. The summed E-state index contributed by atoms with van der Waals surface area (Å²) in [4.78, 5) is 18.2. The van der Waals surface area contributed by atoms with Crippen molar-refractivity contribution in [3.8, 4) is 29.6 Å². The summed E-state index contributed by atoms with van der Waals surface area (Å²) in [5.41, 5.74) is 3.18. The molecular weight excluding hydrogens is 438 g/mol. The van der Waals surface area contributed by atoms with Crippen LogP contribution in [-0.4, -0.2) is 32.8 Å². The third-order valence-electron chi connectivity index (χ3n) is 7.04. The molecule has 0 bridgehead atoms. The van der Waals surface area contributed by atoms with E-state index in [9.17, 15) is 4.79 Å². The number of methoxy groups -OCH3 is 2. The molecule has 3 aromatic carbocycles. The van der Waals surface area contributed by atoms with Gasteiger partial charge in [0.25, 0.3) is 0 Å². The van der Waals surface area contributed by atoms with Gasteiger partial charge >= 0.3 is 0 Å². The Labute approximate surface area is 205 Å². The van der Waals surface area contributed by atoms with Crippen molar-refractivity contribution in [3.05, 3.63) is 65.7 Å². The highest BCUT2D eigenvalue weighted by Gasteiger charge is 2.41. The average molecular weight is 466 g/mol. The minimum absolute atomic E-state index is 0.0284. The Morgan fingerprint density at radius 3 is 2.63 bits per heavy atom. The molecule has 0 spiro atoms. The lowest BCUT2D eigenvalue weighted by atomic mass is 9.75. The number of hydrogen-bond acceptors (Lipinski definition) is 5. The summed E-state index contributed by atoms with van der Waals surface area (Å²) in [5, 5.41) is 2.29. The van der Waals surface area contributed by atoms with Crippen molar-refractivity contribution in [1.82, 2.24) is 0 Å². The second-order valence-corrected chi connectivity index (χ2v) is 9.31. The van der Waals surface area contributed by atoms with Crippen molar-refractivity contribution in [2.24, 2.45) is 16.3 Å². The number of allylic oxidation sites excluding steroid dienone is 2. The van der Waals surface area contributed by atoms with E-state index in [1.807, 2.05) is 18.3 Å². The molecule has 0 amide bonds. The maximum atomic E-state index is 13.5. The van der Waals surface area contributed by atoms with Crippen molar-refractivity contribution in [1.29, 1.82) is 0 Å². The molecule has 0 saturated heterocycles. The third kappa shape index (κ3) is 4.17. The summed E-state index contributed by atoms with van der Waals surface area (Å²) in [5.74, 6) is 4.39. The number of benzene rings is 3. The van der Waals surface area contributed by atoms with Gasteiger partial charge in [-0.1, -0.05) is 37.1 Å². The number of fused-ring (bicyclic) bond motifs is 3. The zero-order valence-corrected chi connectivity index (χ0v) is 20.1. The van der Waals surface area contributed by atoms with Gasteiger partial charge in [-0.25, -0.2) is 0 Å². The molecule has 5 nitrogen and oxygen atoms in total. The van der Waals surface area contributed by atoms with Crippen LogP contribution < -0.4 is 14.2 Å². The molecule has 0 fully saturated rings. The molecule has 176 valence electrons. The van der Waals surface area contributed by atoms with Crippen molar-refractivity contribution in [2.45, 2.75) is 19.8 Å². The number of nitrogens with zero attached hydrogens (tertiary/aromatic N) is 1. The number of aliphatic imine (C=N–C) groups is 1. The minimum atomic E-state index is -0.331. The summed E-state index contributed by atoms with van der Waals surface area (Å²) < 4.78 is 16.4. The number of hydrogen-bond donors (Lipinski definition) is 0. The normalized spacial score (nSPS) is 20.8. The molecule has 3 aromatic rings. The van der Waals surface area contributed by atoms with Crippen LogP contribution in [0.2, 0.25) is 0 Å². The van der Waals surface area contributed by atoms with Crippen LogP contribution in [0.3, 0.4) is 0 Å². The Hall–Kier alpha value is -4.04. The van der Waals surface area contributed by atoms with Gasteiger partial charge in [-0.15, -0.1) is 6.42 Å². The lowest BCUT2D eigenvalue weighted by Gasteiger charge is -2.29. The van der Waals surface area contributed by atoms with Crippen molar-refractivity contribution < 1.29 is 19.0 Å². The second kappa shape index (κ2) is 8.96. The zero-order valence-electron chi connectivity index (χ0n) is 20.1. The molecule has 5 heteroatoms. The van der Waals surface area contributed by atoms with E-state index in [0.29, 0.717) is 29.2 Å². The Balaban J connectivity index is 1.49. The first kappa shape index (κ1) is 22.7. The Kier molecular flexibility index (Phi) is 5.82. The Morgan fingerprint density at radius 2 is 1.86 bits per heavy atom. The van der Waals surface area contributed by atoms with E-state index in [-0.39, 0.29) is 23.7 Å². The second-order valence-electron chi connectivity index (χ2n) is 9.31. The summed E-state index contributed by atoms with van der Waals surface area (Å²) in [6, 6.07) is 16.0. The van der Waals surface area contributed by atoms with Gasteiger partial charge in [0.1, 0.15) is 12.4 Å². The molecule has 2 unspecified atom stereocenters. The van der Waals surface area contributed by atoms with Gasteiger partial charge < -0.3 is 14.2 Å². The van der Waals surface area contributed by atoms with Crippen molar-refractivity contribution >= 4 is 34.0 Å². The predicted octanol–water partition coefficient (Wildman–Crippen LogP) is 6.27. The van der Waals surface area contributed by atoms with Crippen LogP contribution in [0.25, 0.3) is 16.3 Å². The summed E-state index contributed by atoms with van der Waals surface area (Å²) in [6.45, 7) is 2.24. The quantitative estimate of drug-likeness (QED) is 0.417. The SMILES string of the molecule is C#CCOc1cc2c(cc1OC)N=CC1CC(c3ccc4cc(OC)ccc4c3)=CC1(C)CC2=O. The molecular formula is C30H27NO4. The number of carbonyl (C=O) groups excluding carboxylic acids is 1. The Morgan fingerprint density at radius 1 is 1.06 bits per heavy atom. The molecule has 0 aromatic heterocycles. The standard InChI is InChI=1S/C30H27NO4/c1-5-10-35-29-14-25-26(15-28(29)34-4)31-18-23-12-22(16-30(23,2)17-27(25)32)20-6-7-21-13-24(33-3)9-8-19(21)11-20/h1,6-9,11,13-16,18,23H,10,12,17H2,2-4H3.